The van der Waals surface area contributed by atoms with E-state index in [0.29, 0.717) is 41.1 Å². The summed E-state index contributed by atoms with van der Waals surface area (Å²) in [5.41, 5.74) is 0.366. The number of halogens is 6. The van der Waals surface area contributed by atoms with Crippen molar-refractivity contribution in [1.82, 2.24) is 13.8 Å². The minimum atomic E-state index is -4.72. The van der Waals surface area contributed by atoms with Gasteiger partial charge < -0.3 is 19.0 Å². The van der Waals surface area contributed by atoms with Crippen LogP contribution in [0.5, 0.6) is 0 Å². The quantitative estimate of drug-likeness (QED) is 0.101. The Labute approximate surface area is 252 Å². The van der Waals surface area contributed by atoms with Gasteiger partial charge in [0, 0.05) is 66.5 Å². The van der Waals surface area contributed by atoms with Crippen LogP contribution in [0.4, 0.5) is 33.3 Å². The molecule has 1 aromatic carbocycles. The number of alkyl halides is 4. The number of aromatic nitrogens is 3. The van der Waals surface area contributed by atoms with Crippen LogP contribution in [0.25, 0.3) is 22.3 Å². The average Bonchev–Trinajstić information content (AvgIpc) is 3.54. The lowest BCUT2D eigenvalue weighted by atomic mass is 9.94. The summed E-state index contributed by atoms with van der Waals surface area (Å²) in [4.78, 5) is 31.8. The van der Waals surface area contributed by atoms with E-state index in [-0.39, 0.29) is 28.3 Å². The third kappa shape index (κ3) is 4.79. The zero-order chi connectivity index (χ0) is 31.5. The number of nitrogens with zero attached hydrogens (tertiary/aromatic N) is 4. The van der Waals surface area contributed by atoms with Crippen molar-refractivity contribution >= 4 is 45.8 Å². The van der Waals surface area contributed by atoms with Crippen LogP contribution >= 0.6 is 11.6 Å². The Morgan fingerprint density at radius 1 is 1.14 bits per heavy atom. The third-order valence-corrected chi connectivity index (χ3v) is 7.82. The molecule has 1 aliphatic rings. The van der Waals surface area contributed by atoms with Crippen molar-refractivity contribution in [2.24, 2.45) is 0 Å². The number of imidazole rings is 1. The van der Waals surface area contributed by atoms with Crippen LogP contribution in [0.2, 0.25) is 0 Å². The maximum Gasteiger partial charge on any atom is 0.418 e. The lowest BCUT2D eigenvalue weighted by molar-refractivity contribution is -0.137. The monoisotopic (exact) mass is 627 g/mol. The Hall–Kier alpha value is -4.71. The van der Waals surface area contributed by atoms with E-state index >= 15 is 0 Å². The fourth-order valence-corrected chi connectivity index (χ4v) is 5.75. The largest absolute Gasteiger partial charge is 0.418 e. The van der Waals surface area contributed by atoms with Gasteiger partial charge in [-0.2, -0.15) is 13.2 Å². The van der Waals surface area contributed by atoms with Gasteiger partial charge in [0.25, 0.3) is 0 Å². The van der Waals surface area contributed by atoms with E-state index in [0.717, 1.165) is 24.4 Å². The Bertz CT molecular complexity index is 2000. The molecule has 7 nitrogen and oxygen atoms in total. The summed E-state index contributed by atoms with van der Waals surface area (Å²) >= 11 is 5.48. The molecular weight excluding hydrogens is 605 g/mol. The number of anilines is 2. The number of amides is 1. The van der Waals surface area contributed by atoms with Crippen molar-refractivity contribution in [3.8, 4) is 11.1 Å². The Morgan fingerprint density at radius 2 is 1.86 bits per heavy atom. The molecule has 44 heavy (non-hydrogen) atoms. The molecule has 0 atom stereocenters. The molecule has 5 heterocycles. The number of carbonyl (C=O) groups is 2. The van der Waals surface area contributed by atoms with Gasteiger partial charge in [0.2, 0.25) is 11.7 Å². The first-order valence-electron chi connectivity index (χ1n) is 13.4. The van der Waals surface area contributed by atoms with E-state index in [9.17, 15) is 31.5 Å². The van der Waals surface area contributed by atoms with Crippen LogP contribution in [0.15, 0.2) is 61.1 Å². The summed E-state index contributed by atoms with van der Waals surface area (Å²) in [7, 11) is 1.69. The Kier molecular flexibility index (Phi) is 7.19. The average molecular weight is 628 g/mol. The highest BCUT2D eigenvalue weighted by Crippen LogP contribution is 2.47. The molecule has 0 bridgehead atoms. The first kappa shape index (κ1) is 29.4. The summed E-state index contributed by atoms with van der Waals surface area (Å²) in [5.74, 6) is -3.90. The molecule has 6 rings (SSSR count). The number of hydrogen-bond acceptors (Lipinski definition) is 4. The van der Waals surface area contributed by atoms with E-state index in [1.165, 1.54) is 39.4 Å². The van der Waals surface area contributed by atoms with Gasteiger partial charge in [0.1, 0.15) is 17.3 Å². The minimum absolute atomic E-state index is 0.00915. The molecule has 5 aromatic rings. The normalized spacial score (nSPS) is 13.4. The van der Waals surface area contributed by atoms with Crippen LogP contribution < -0.4 is 10.2 Å². The second-order valence-electron chi connectivity index (χ2n) is 10.4. The second-order valence-corrected chi connectivity index (χ2v) is 10.7. The summed E-state index contributed by atoms with van der Waals surface area (Å²) in [6, 6.07) is 6.21. The molecule has 0 radical (unpaired) electrons. The molecule has 0 spiro atoms. The van der Waals surface area contributed by atoms with E-state index in [4.69, 9.17) is 11.6 Å². The SMILES string of the molecule is Cc1cnc2c3c(c(C(F)(F)F)cn12)-c1cccn2c(C(=O)c4cc(F)c(NC(=O)/C=C/CCl)c(F)c4)cc(c12)CCN3C. The maximum atomic E-state index is 14.9. The number of allylic oxidation sites excluding steroid dienone is 1. The number of hydrogen-bond donors (Lipinski definition) is 1. The smallest absolute Gasteiger partial charge is 0.371 e. The highest BCUT2D eigenvalue weighted by Gasteiger charge is 2.39. The first-order valence-corrected chi connectivity index (χ1v) is 13.9. The van der Waals surface area contributed by atoms with E-state index in [2.05, 4.69) is 10.3 Å². The van der Waals surface area contributed by atoms with Gasteiger partial charge in [-0.15, -0.1) is 11.6 Å². The van der Waals surface area contributed by atoms with Crippen LogP contribution in [0, 0.1) is 18.6 Å². The molecule has 13 heteroatoms. The van der Waals surface area contributed by atoms with Crippen molar-refractivity contribution in [2.75, 3.05) is 29.7 Å². The van der Waals surface area contributed by atoms with Gasteiger partial charge >= 0.3 is 6.18 Å². The van der Waals surface area contributed by atoms with Crippen molar-refractivity contribution < 1.29 is 31.5 Å². The van der Waals surface area contributed by atoms with Crippen LogP contribution in [-0.2, 0) is 17.4 Å². The lowest BCUT2D eigenvalue weighted by Crippen LogP contribution is -2.25. The molecule has 0 saturated heterocycles. The second kappa shape index (κ2) is 10.8. The number of pyridine rings is 2. The highest BCUT2D eigenvalue weighted by molar-refractivity contribution is 6.19. The standard InChI is InChI=1S/C31H23ClF5N5O2/c1-16-14-38-30-28-25(20(15-42(16)30)31(35,36)37)19-5-4-9-41-23(13-17(27(19)41)7-10-40(28)2)29(44)18-11-21(33)26(22(34)12-18)39-24(43)6-3-8-32/h3-6,9,11-15H,7-8,10H2,1-2H3,(H,39,43)/b6-3+. The lowest BCUT2D eigenvalue weighted by Gasteiger charge is -2.28. The van der Waals surface area contributed by atoms with Gasteiger partial charge in [-0.1, -0.05) is 12.1 Å². The van der Waals surface area contributed by atoms with E-state index in [1.54, 1.807) is 24.9 Å². The highest BCUT2D eigenvalue weighted by atomic mass is 35.5. The van der Waals surface area contributed by atoms with Gasteiger partial charge in [0.15, 0.2) is 5.65 Å². The van der Waals surface area contributed by atoms with E-state index < -0.39 is 40.8 Å². The van der Waals surface area contributed by atoms with Gasteiger partial charge in [-0.25, -0.2) is 13.8 Å². The predicted octanol–water partition coefficient (Wildman–Crippen LogP) is 6.82. The van der Waals surface area contributed by atoms with Crippen LogP contribution in [0.1, 0.15) is 32.9 Å². The van der Waals surface area contributed by atoms with Crippen LogP contribution in [-0.4, -0.2) is 44.9 Å². The fraction of sp³-hybridized carbons (Fsp3) is 0.194. The third-order valence-electron chi connectivity index (χ3n) is 7.64. The first-order chi connectivity index (χ1) is 20.9. The number of likely N-dealkylation sites (N-methyl/N-ethyl adjacent to an activating group) is 1. The number of nitrogens with one attached hydrogen (secondary N) is 1. The zero-order valence-corrected chi connectivity index (χ0v) is 24.0. The molecule has 1 N–H and O–H groups in total. The van der Waals surface area contributed by atoms with Crippen molar-refractivity contribution in [2.45, 2.75) is 19.5 Å². The molecule has 226 valence electrons. The van der Waals surface area contributed by atoms with Gasteiger partial charge in [-0.05, 0) is 43.2 Å². The number of fused-ring (bicyclic) bond motifs is 4. The molecule has 0 saturated carbocycles. The van der Waals surface area contributed by atoms with Crippen molar-refractivity contribution in [1.29, 1.82) is 0 Å². The van der Waals surface area contributed by atoms with Crippen molar-refractivity contribution in [3.05, 3.63) is 101 Å². The molecule has 1 aliphatic heterocycles. The Balaban J connectivity index is 1.53. The summed E-state index contributed by atoms with van der Waals surface area (Å²) < 4.78 is 76.7. The number of ketones is 1. The fourth-order valence-electron chi connectivity index (χ4n) is 5.66. The summed E-state index contributed by atoms with van der Waals surface area (Å²) in [6.07, 6.45) is 2.00. The zero-order valence-electron chi connectivity index (χ0n) is 23.3. The molecule has 0 aliphatic carbocycles. The van der Waals surface area contributed by atoms with Gasteiger partial charge in [0.05, 0.1) is 22.5 Å². The molecule has 0 unspecified atom stereocenters. The molecule has 0 fully saturated rings. The number of rotatable bonds is 5. The maximum absolute atomic E-state index is 14.9. The van der Waals surface area contributed by atoms with Gasteiger partial charge in [-0.3, -0.25) is 9.59 Å². The summed E-state index contributed by atoms with van der Waals surface area (Å²) in [5, 5.41) is 2.08. The molecule has 4 aromatic heterocycles. The predicted molar refractivity (Wildman–Crippen MR) is 157 cm³/mol. The number of benzene rings is 1. The van der Waals surface area contributed by atoms with Crippen LogP contribution in [0.3, 0.4) is 0 Å². The van der Waals surface area contributed by atoms with E-state index in [1.807, 2.05) is 0 Å². The molecular formula is C31H23ClF5N5O2. The topological polar surface area (TPSA) is 71.1 Å². The Morgan fingerprint density at radius 3 is 2.55 bits per heavy atom. The minimum Gasteiger partial charge on any atom is -0.371 e. The summed E-state index contributed by atoms with van der Waals surface area (Å²) in [6.45, 7) is 1.97. The number of aryl methyl sites for hydroxylation is 1. The molecule has 1 amide bonds. The number of carbonyl (C=O) groups excluding carboxylic acids is 2. The van der Waals surface area contributed by atoms with Crippen molar-refractivity contribution in [3.63, 3.8) is 0 Å².